The van der Waals surface area contributed by atoms with E-state index in [0.29, 0.717) is 22.4 Å². The zero-order chi connectivity index (χ0) is 22.8. The molecule has 0 unspecified atom stereocenters. The van der Waals surface area contributed by atoms with Crippen LogP contribution in [0.2, 0.25) is 5.02 Å². The highest BCUT2D eigenvalue weighted by molar-refractivity contribution is 7.98. The summed E-state index contributed by atoms with van der Waals surface area (Å²) in [6.45, 7) is 1.90. The van der Waals surface area contributed by atoms with E-state index in [2.05, 4.69) is 15.6 Å². The molecule has 1 aliphatic heterocycles. The maximum absolute atomic E-state index is 13.4. The van der Waals surface area contributed by atoms with Crippen molar-refractivity contribution in [2.45, 2.75) is 23.9 Å². The minimum Gasteiger partial charge on any atom is -0.328 e. The van der Waals surface area contributed by atoms with Crippen LogP contribution in [0.3, 0.4) is 0 Å². The van der Waals surface area contributed by atoms with Crippen LogP contribution in [0.25, 0.3) is 0 Å². The van der Waals surface area contributed by atoms with Crippen molar-refractivity contribution in [2.75, 3.05) is 10.6 Å². The number of nitrogens with one attached hydrogen (secondary N) is 2. The molecule has 166 valence electrons. The number of rotatable bonds is 6. The monoisotopic (exact) mass is 493 g/mol. The Hall–Kier alpha value is -3.07. The minimum atomic E-state index is -0.368. The number of allylic oxidation sites excluding steroid dienone is 1. The topological polar surface area (TPSA) is 71.8 Å². The average Bonchev–Trinajstić information content (AvgIpc) is 3.48. The van der Waals surface area contributed by atoms with E-state index in [1.807, 2.05) is 79.0 Å². The van der Waals surface area contributed by atoms with Gasteiger partial charge in [-0.05, 0) is 42.1 Å². The highest BCUT2D eigenvalue weighted by Crippen LogP contribution is 2.38. The van der Waals surface area contributed by atoms with Crippen molar-refractivity contribution in [2.24, 2.45) is 0 Å². The summed E-state index contributed by atoms with van der Waals surface area (Å²) in [6.07, 6.45) is 0. The molecule has 0 spiro atoms. The molecule has 0 radical (unpaired) electrons. The molecule has 0 fully saturated rings. The Kier molecular flexibility index (Phi) is 6.22. The molecule has 6 nitrogen and oxygen atoms in total. The Morgan fingerprint density at radius 3 is 2.70 bits per heavy atom. The fraction of sp³-hybridized carbons (Fsp3) is 0.125. The van der Waals surface area contributed by atoms with E-state index < -0.39 is 0 Å². The van der Waals surface area contributed by atoms with Gasteiger partial charge in [0.05, 0.1) is 5.57 Å². The zero-order valence-corrected chi connectivity index (χ0v) is 20.0. The Balaban J connectivity index is 1.46. The van der Waals surface area contributed by atoms with Gasteiger partial charge in [-0.1, -0.05) is 65.8 Å². The highest BCUT2D eigenvalue weighted by atomic mass is 35.5. The number of fused-ring (bicyclic) bond motifs is 1. The Labute approximate surface area is 204 Å². The lowest BCUT2D eigenvalue weighted by Gasteiger charge is -2.27. The average molecular weight is 494 g/mol. The molecule has 1 aliphatic rings. The second-order valence-electron chi connectivity index (χ2n) is 7.44. The van der Waals surface area contributed by atoms with Gasteiger partial charge in [0.15, 0.2) is 0 Å². The molecule has 0 saturated carbocycles. The first kappa shape index (κ1) is 21.8. The third-order valence-electron chi connectivity index (χ3n) is 5.24. The quantitative estimate of drug-likeness (QED) is 0.312. The van der Waals surface area contributed by atoms with Crippen molar-refractivity contribution in [3.05, 3.63) is 98.8 Å². The number of carbonyl (C=O) groups is 1. The number of hydrogen-bond donors (Lipinski definition) is 2. The summed E-state index contributed by atoms with van der Waals surface area (Å²) in [7, 11) is 0. The van der Waals surface area contributed by atoms with Crippen molar-refractivity contribution in [1.29, 1.82) is 0 Å². The van der Waals surface area contributed by atoms with E-state index in [0.717, 1.165) is 26.8 Å². The van der Waals surface area contributed by atoms with Crippen LogP contribution in [-0.4, -0.2) is 20.7 Å². The van der Waals surface area contributed by atoms with Crippen molar-refractivity contribution < 1.29 is 4.79 Å². The maximum atomic E-state index is 13.4. The summed E-state index contributed by atoms with van der Waals surface area (Å²) in [6, 6.07) is 20.8. The smallest absolute Gasteiger partial charge is 0.255 e. The van der Waals surface area contributed by atoms with Gasteiger partial charge in [-0.25, -0.2) is 4.68 Å². The lowest BCUT2D eigenvalue weighted by molar-refractivity contribution is -0.113. The number of benzene rings is 2. The number of thiophene rings is 1. The second-order valence-corrected chi connectivity index (χ2v) is 9.77. The standard InChI is InChI=1S/C24H20ClN5OS2/c1-15-20(22(31)27-17-9-3-2-4-10-17)21(19-12-7-13-32-19)30-23(26-15)28-24(29-30)33-14-16-8-5-6-11-18(16)25/h2-13,21H,14H2,1H3,(H,27,31)(H,26,28,29)/t21-/m0/s1. The molecule has 5 rings (SSSR count). The van der Waals surface area contributed by atoms with Gasteiger partial charge in [0.1, 0.15) is 6.04 Å². The molecule has 0 saturated heterocycles. The van der Waals surface area contributed by atoms with Crippen LogP contribution in [0, 0.1) is 0 Å². The molecule has 4 aromatic rings. The third kappa shape index (κ3) is 4.55. The number of amides is 1. The fourth-order valence-corrected chi connectivity index (χ4v) is 5.61. The second kappa shape index (κ2) is 9.43. The van der Waals surface area contributed by atoms with E-state index in [9.17, 15) is 4.79 Å². The number of thioether (sulfide) groups is 1. The van der Waals surface area contributed by atoms with Crippen LogP contribution < -0.4 is 10.6 Å². The first-order valence-corrected chi connectivity index (χ1v) is 12.5. The fourth-order valence-electron chi connectivity index (χ4n) is 3.67. The van der Waals surface area contributed by atoms with Crippen molar-refractivity contribution in [3.63, 3.8) is 0 Å². The maximum Gasteiger partial charge on any atom is 0.255 e. The van der Waals surface area contributed by atoms with Crippen LogP contribution in [0.1, 0.15) is 23.4 Å². The molecule has 0 bridgehead atoms. The summed E-state index contributed by atoms with van der Waals surface area (Å²) >= 11 is 9.40. The van der Waals surface area contributed by atoms with Crippen LogP contribution in [0.15, 0.2) is 88.5 Å². The Bertz CT molecular complexity index is 1320. The predicted octanol–water partition coefficient (Wildman–Crippen LogP) is 6.21. The van der Waals surface area contributed by atoms with Gasteiger partial charge >= 0.3 is 0 Å². The van der Waals surface area contributed by atoms with Gasteiger partial charge in [-0.2, -0.15) is 4.98 Å². The zero-order valence-electron chi connectivity index (χ0n) is 17.7. The summed E-state index contributed by atoms with van der Waals surface area (Å²) in [5, 5.41) is 14.4. The number of anilines is 2. The Morgan fingerprint density at radius 2 is 1.94 bits per heavy atom. The van der Waals surface area contributed by atoms with Gasteiger partial charge in [0, 0.05) is 27.0 Å². The molecule has 2 N–H and O–H groups in total. The summed E-state index contributed by atoms with van der Waals surface area (Å²) < 4.78 is 1.80. The molecule has 1 atom stereocenters. The molecule has 3 heterocycles. The van der Waals surface area contributed by atoms with Crippen LogP contribution in [0.4, 0.5) is 11.6 Å². The van der Waals surface area contributed by atoms with E-state index in [-0.39, 0.29) is 11.9 Å². The van der Waals surface area contributed by atoms with Crippen LogP contribution in [-0.2, 0) is 10.5 Å². The van der Waals surface area contributed by atoms with E-state index >= 15 is 0 Å². The number of carbonyl (C=O) groups excluding carboxylic acids is 1. The molecule has 9 heteroatoms. The number of nitrogens with zero attached hydrogens (tertiary/aromatic N) is 3. The van der Waals surface area contributed by atoms with Crippen molar-refractivity contribution in [1.82, 2.24) is 14.8 Å². The van der Waals surface area contributed by atoms with E-state index in [1.165, 1.54) is 11.8 Å². The lowest BCUT2D eigenvalue weighted by atomic mass is 10.0. The molecular weight excluding hydrogens is 474 g/mol. The summed E-state index contributed by atoms with van der Waals surface area (Å²) in [5.74, 6) is 1.10. The highest BCUT2D eigenvalue weighted by Gasteiger charge is 2.35. The first-order valence-electron chi connectivity index (χ1n) is 10.3. The summed E-state index contributed by atoms with van der Waals surface area (Å²) in [4.78, 5) is 19.1. The van der Waals surface area contributed by atoms with Crippen LogP contribution in [0.5, 0.6) is 0 Å². The lowest BCUT2D eigenvalue weighted by Crippen LogP contribution is -2.31. The van der Waals surface area contributed by atoms with E-state index in [1.54, 1.807) is 16.0 Å². The van der Waals surface area contributed by atoms with Gasteiger partial charge in [-0.15, -0.1) is 16.4 Å². The number of aromatic nitrogens is 3. The first-order chi connectivity index (χ1) is 16.1. The van der Waals surface area contributed by atoms with Gasteiger partial charge in [-0.3, -0.25) is 4.79 Å². The van der Waals surface area contributed by atoms with Crippen molar-refractivity contribution in [3.8, 4) is 0 Å². The largest absolute Gasteiger partial charge is 0.328 e. The molecule has 0 aliphatic carbocycles. The van der Waals surface area contributed by atoms with Crippen molar-refractivity contribution >= 4 is 52.2 Å². The summed E-state index contributed by atoms with van der Waals surface area (Å²) in [5.41, 5.74) is 3.13. The molecule has 2 aromatic carbocycles. The predicted molar refractivity (Wildman–Crippen MR) is 135 cm³/mol. The SMILES string of the molecule is CC1=C(C(=O)Nc2ccccc2)[C@H](c2cccs2)n2nc(SCc3ccccc3Cl)nc2N1. The minimum absolute atomic E-state index is 0.170. The molecule has 2 aromatic heterocycles. The third-order valence-corrected chi connectivity index (χ3v) is 7.42. The number of para-hydroxylation sites is 1. The molecule has 33 heavy (non-hydrogen) atoms. The van der Waals surface area contributed by atoms with Gasteiger partial charge in [0.25, 0.3) is 5.91 Å². The molecule has 1 amide bonds. The van der Waals surface area contributed by atoms with Crippen LogP contribution >= 0.6 is 34.7 Å². The number of hydrogen-bond acceptors (Lipinski definition) is 6. The molecular formula is C24H20ClN5OS2. The van der Waals surface area contributed by atoms with E-state index in [4.69, 9.17) is 16.7 Å². The normalized spacial score (nSPS) is 15.2. The van der Waals surface area contributed by atoms with Gasteiger partial charge < -0.3 is 10.6 Å². The number of halogens is 1. The Morgan fingerprint density at radius 1 is 1.15 bits per heavy atom. The van der Waals surface area contributed by atoms with Gasteiger partial charge in [0.2, 0.25) is 11.1 Å².